The van der Waals surface area contributed by atoms with Gasteiger partial charge in [-0.1, -0.05) is 12.1 Å². The van der Waals surface area contributed by atoms with Crippen molar-refractivity contribution in [2.45, 2.75) is 37.8 Å². The van der Waals surface area contributed by atoms with Gasteiger partial charge >= 0.3 is 0 Å². The van der Waals surface area contributed by atoms with Crippen LogP contribution in [0.4, 0.5) is 0 Å². The van der Waals surface area contributed by atoms with Crippen LogP contribution in [0.15, 0.2) is 24.3 Å². The number of aliphatic hydroxyl groups is 1. The second-order valence-corrected chi connectivity index (χ2v) is 5.02. The lowest BCUT2D eigenvalue weighted by atomic mass is 10.0. The predicted octanol–water partition coefficient (Wildman–Crippen LogP) is 1.51. The van der Waals surface area contributed by atoms with Crippen LogP contribution in [0.5, 0.6) is 5.75 Å². The minimum absolute atomic E-state index is 0.00440. The molecule has 0 aromatic heterocycles. The lowest BCUT2D eigenvalue weighted by Gasteiger charge is -2.21. The first-order valence-electron chi connectivity index (χ1n) is 6.73. The van der Waals surface area contributed by atoms with Crippen LogP contribution < -0.4 is 10.1 Å². The van der Waals surface area contributed by atoms with Gasteiger partial charge in [0.1, 0.15) is 17.4 Å². The monoisotopic (exact) mass is 274 g/mol. The number of hydrogen-bond acceptors (Lipinski definition) is 4. The van der Waals surface area contributed by atoms with Crippen molar-refractivity contribution in [3.63, 3.8) is 0 Å². The largest absolute Gasteiger partial charge is 0.479 e. The molecule has 20 heavy (non-hydrogen) atoms. The first kappa shape index (κ1) is 14.4. The Morgan fingerprint density at radius 3 is 2.90 bits per heavy atom. The highest BCUT2D eigenvalue weighted by atomic mass is 16.5. The molecule has 0 radical (unpaired) electrons. The summed E-state index contributed by atoms with van der Waals surface area (Å²) in [6, 6.07) is 9.10. The summed E-state index contributed by atoms with van der Waals surface area (Å²) in [5.41, 5.74) is -0.329. The molecule has 1 amide bonds. The molecule has 0 aliphatic heterocycles. The molecule has 0 atom stereocenters. The number of ether oxygens (including phenoxy) is 1. The average Bonchev–Trinajstić information content (AvgIpc) is 2.91. The Bertz CT molecular complexity index is 516. The van der Waals surface area contributed by atoms with E-state index in [2.05, 4.69) is 5.32 Å². The maximum atomic E-state index is 12.0. The molecular weight excluding hydrogens is 256 g/mol. The molecule has 0 bridgehead atoms. The number of benzene rings is 1. The minimum atomic E-state index is -1.20. The van der Waals surface area contributed by atoms with E-state index in [9.17, 15) is 9.90 Å². The van der Waals surface area contributed by atoms with E-state index in [1.807, 2.05) is 12.1 Å². The third-order valence-electron chi connectivity index (χ3n) is 3.51. The third-order valence-corrected chi connectivity index (χ3v) is 3.51. The summed E-state index contributed by atoms with van der Waals surface area (Å²) >= 11 is 0. The highest BCUT2D eigenvalue weighted by Crippen LogP contribution is 2.29. The fourth-order valence-corrected chi connectivity index (χ4v) is 2.39. The second-order valence-electron chi connectivity index (χ2n) is 5.02. The number of amides is 1. The van der Waals surface area contributed by atoms with E-state index in [4.69, 9.17) is 10.00 Å². The van der Waals surface area contributed by atoms with E-state index in [1.54, 1.807) is 18.2 Å². The van der Waals surface area contributed by atoms with Crippen LogP contribution in [0.3, 0.4) is 0 Å². The first-order valence-corrected chi connectivity index (χ1v) is 6.73. The van der Waals surface area contributed by atoms with Crippen LogP contribution in [0.1, 0.15) is 31.2 Å². The number of rotatable bonds is 5. The zero-order valence-electron chi connectivity index (χ0n) is 11.3. The molecule has 5 heteroatoms. The molecule has 2 rings (SSSR count). The molecule has 5 nitrogen and oxygen atoms in total. The van der Waals surface area contributed by atoms with Crippen LogP contribution in [0.25, 0.3) is 0 Å². The number of nitrogens with one attached hydrogen (secondary N) is 1. The van der Waals surface area contributed by atoms with E-state index in [0.717, 1.165) is 18.4 Å². The normalized spacial score (nSPS) is 16.4. The number of hydrogen-bond donors (Lipinski definition) is 2. The Hall–Kier alpha value is -2.06. The van der Waals surface area contributed by atoms with Gasteiger partial charge in [0.2, 0.25) is 0 Å². The zero-order valence-corrected chi connectivity index (χ0v) is 11.3. The number of nitrogens with zero attached hydrogens (tertiary/aromatic N) is 1. The molecule has 0 saturated heterocycles. The lowest BCUT2D eigenvalue weighted by molar-refractivity contribution is -0.139. The van der Waals surface area contributed by atoms with Crippen LogP contribution in [-0.4, -0.2) is 23.2 Å². The van der Waals surface area contributed by atoms with Gasteiger partial charge in [-0.25, -0.2) is 0 Å². The molecule has 0 spiro atoms. The SMILES string of the molecule is N#CCOc1cccc(CNC(=O)C2(O)CCCC2)c1. The van der Waals surface area contributed by atoms with Crippen LogP contribution in [0.2, 0.25) is 0 Å². The summed E-state index contributed by atoms with van der Waals surface area (Å²) < 4.78 is 5.20. The van der Waals surface area contributed by atoms with E-state index < -0.39 is 5.60 Å². The van der Waals surface area contributed by atoms with E-state index >= 15 is 0 Å². The smallest absolute Gasteiger partial charge is 0.252 e. The molecule has 0 unspecified atom stereocenters. The van der Waals surface area contributed by atoms with Crippen LogP contribution in [0, 0.1) is 11.3 Å². The quantitative estimate of drug-likeness (QED) is 0.852. The van der Waals surface area contributed by atoms with Gasteiger partial charge < -0.3 is 15.2 Å². The molecule has 106 valence electrons. The molecule has 1 aromatic carbocycles. The molecule has 1 fully saturated rings. The Morgan fingerprint density at radius 2 is 2.20 bits per heavy atom. The van der Waals surface area contributed by atoms with E-state index in [1.165, 1.54) is 0 Å². The molecular formula is C15H18N2O3. The Morgan fingerprint density at radius 1 is 1.45 bits per heavy atom. The van der Waals surface area contributed by atoms with Crippen molar-refractivity contribution in [2.75, 3.05) is 6.61 Å². The summed E-state index contributed by atoms with van der Waals surface area (Å²) in [7, 11) is 0. The minimum Gasteiger partial charge on any atom is -0.479 e. The van der Waals surface area contributed by atoms with Gasteiger partial charge in [0, 0.05) is 6.54 Å². The fraction of sp³-hybridized carbons (Fsp3) is 0.467. The average molecular weight is 274 g/mol. The standard InChI is InChI=1S/C15H18N2O3/c16-8-9-20-13-5-3-4-12(10-13)11-17-14(18)15(19)6-1-2-7-15/h3-5,10,19H,1-2,6-7,9,11H2,(H,17,18). The fourth-order valence-electron chi connectivity index (χ4n) is 2.39. The molecule has 1 saturated carbocycles. The predicted molar refractivity (Wildman–Crippen MR) is 72.8 cm³/mol. The highest BCUT2D eigenvalue weighted by Gasteiger charge is 2.38. The van der Waals surface area contributed by atoms with Crippen molar-refractivity contribution in [1.29, 1.82) is 5.26 Å². The van der Waals surface area contributed by atoms with Crippen molar-refractivity contribution in [2.24, 2.45) is 0 Å². The number of carbonyl (C=O) groups excluding carboxylic acids is 1. The van der Waals surface area contributed by atoms with Crippen molar-refractivity contribution >= 4 is 5.91 Å². The topological polar surface area (TPSA) is 82.3 Å². The van der Waals surface area contributed by atoms with Crippen LogP contribution >= 0.6 is 0 Å². The van der Waals surface area contributed by atoms with Gasteiger partial charge in [0.15, 0.2) is 6.61 Å². The summed E-state index contributed by atoms with van der Waals surface area (Å²) in [6.07, 6.45) is 2.84. The van der Waals surface area contributed by atoms with Crippen LogP contribution in [-0.2, 0) is 11.3 Å². The Labute approximate surface area is 118 Å². The summed E-state index contributed by atoms with van der Waals surface area (Å²) in [6.45, 7) is 0.334. The third kappa shape index (κ3) is 3.49. The van der Waals surface area contributed by atoms with Gasteiger partial charge in [0.05, 0.1) is 0 Å². The van der Waals surface area contributed by atoms with Crippen molar-refractivity contribution < 1.29 is 14.6 Å². The molecule has 0 heterocycles. The molecule has 1 aromatic rings. The maximum absolute atomic E-state index is 12.0. The molecule has 2 N–H and O–H groups in total. The van der Waals surface area contributed by atoms with Crippen molar-refractivity contribution in [1.82, 2.24) is 5.32 Å². The van der Waals surface area contributed by atoms with Gasteiger partial charge in [-0.3, -0.25) is 4.79 Å². The molecule has 1 aliphatic carbocycles. The summed E-state index contributed by atoms with van der Waals surface area (Å²) in [5, 5.41) is 21.4. The Kier molecular flexibility index (Phi) is 4.59. The van der Waals surface area contributed by atoms with Gasteiger partial charge in [-0.05, 0) is 43.4 Å². The summed E-state index contributed by atoms with van der Waals surface area (Å²) in [4.78, 5) is 12.0. The van der Waals surface area contributed by atoms with Gasteiger partial charge in [-0.15, -0.1) is 0 Å². The van der Waals surface area contributed by atoms with Gasteiger partial charge in [0.25, 0.3) is 5.91 Å². The summed E-state index contributed by atoms with van der Waals surface area (Å²) in [5.74, 6) is 0.288. The number of nitriles is 1. The highest BCUT2D eigenvalue weighted by molar-refractivity contribution is 5.85. The maximum Gasteiger partial charge on any atom is 0.252 e. The van der Waals surface area contributed by atoms with E-state index in [-0.39, 0.29) is 12.5 Å². The van der Waals surface area contributed by atoms with Crippen molar-refractivity contribution in [3.8, 4) is 11.8 Å². The Balaban J connectivity index is 1.90. The van der Waals surface area contributed by atoms with Gasteiger partial charge in [-0.2, -0.15) is 5.26 Å². The van der Waals surface area contributed by atoms with E-state index in [0.29, 0.717) is 25.1 Å². The second kappa shape index (κ2) is 6.40. The van der Waals surface area contributed by atoms with Crippen molar-refractivity contribution in [3.05, 3.63) is 29.8 Å². The first-order chi connectivity index (χ1) is 9.64. The lowest BCUT2D eigenvalue weighted by Crippen LogP contribution is -2.44. The molecule has 1 aliphatic rings. The number of carbonyl (C=O) groups is 1. The zero-order chi connectivity index (χ0) is 14.4.